The third-order valence-corrected chi connectivity index (χ3v) is 2.04. The van der Waals surface area contributed by atoms with Gasteiger partial charge in [0.05, 0.1) is 7.11 Å². The van der Waals surface area contributed by atoms with Crippen LogP contribution < -0.4 is 4.74 Å². The minimum Gasteiger partial charge on any atom is -0.505 e. The van der Waals surface area contributed by atoms with Gasteiger partial charge in [0.25, 0.3) is 0 Å². The molecule has 0 spiro atoms. The van der Waals surface area contributed by atoms with E-state index in [-0.39, 0.29) is 30.8 Å². The number of ether oxygens (including phenoxy) is 1. The van der Waals surface area contributed by atoms with E-state index in [4.69, 9.17) is 10.2 Å². The summed E-state index contributed by atoms with van der Waals surface area (Å²) in [7, 11) is 1.23. The fourth-order valence-corrected chi connectivity index (χ4v) is 1.27. The summed E-state index contributed by atoms with van der Waals surface area (Å²) in [5, 5.41) is 17.7. The van der Waals surface area contributed by atoms with Crippen molar-refractivity contribution in [3.05, 3.63) is 23.3 Å². The molecule has 0 aliphatic carbocycles. The summed E-state index contributed by atoms with van der Waals surface area (Å²) in [5.41, 5.74) is -0.263. The van der Waals surface area contributed by atoms with Crippen molar-refractivity contribution in [1.29, 1.82) is 0 Å². The molecular weight excluding hydrogens is 206 g/mol. The van der Waals surface area contributed by atoms with E-state index in [0.29, 0.717) is 0 Å². The summed E-state index contributed by atoms with van der Waals surface area (Å²) in [5.74, 6) is -2.69. The Morgan fingerprint density at radius 1 is 1.33 bits per heavy atom. The van der Waals surface area contributed by atoms with Crippen LogP contribution in [0.3, 0.4) is 0 Å². The molecule has 84 valence electrons. The Hall–Kier alpha value is -1.36. The second kappa shape index (κ2) is 4.93. The lowest BCUT2D eigenvalue weighted by Gasteiger charge is -2.09. The number of rotatable bonds is 4. The highest BCUT2D eigenvalue weighted by Gasteiger charge is 2.18. The summed E-state index contributed by atoms with van der Waals surface area (Å²) >= 11 is 0. The number of aromatic hydroxyl groups is 1. The molecule has 1 aromatic rings. The molecule has 2 N–H and O–H groups in total. The van der Waals surface area contributed by atoms with Crippen molar-refractivity contribution in [3.8, 4) is 11.5 Å². The Morgan fingerprint density at radius 2 is 2.00 bits per heavy atom. The van der Waals surface area contributed by atoms with E-state index in [1.54, 1.807) is 0 Å². The van der Waals surface area contributed by atoms with E-state index in [2.05, 4.69) is 4.74 Å². The number of phenolic OH excluding ortho intramolecular Hbond substituents is 1. The zero-order valence-corrected chi connectivity index (χ0v) is 8.26. The van der Waals surface area contributed by atoms with Gasteiger partial charge in [-0.05, 0) is 12.8 Å². The van der Waals surface area contributed by atoms with E-state index in [0.717, 1.165) is 6.07 Å². The van der Waals surface area contributed by atoms with E-state index in [1.165, 1.54) is 7.11 Å². The van der Waals surface area contributed by atoms with Crippen LogP contribution in [0.25, 0.3) is 0 Å². The molecule has 0 unspecified atom stereocenters. The first-order chi connectivity index (χ1) is 7.11. The van der Waals surface area contributed by atoms with Crippen LogP contribution in [0.15, 0.2) is 6.07 Å². The first-order valence-electron chi connectivity index (χ1n) is 4.46. The molecule has 0 aliphatic heterocycles. The van der Waals surface area contributed by atoms with E-state index < -0.39 is 17.4 Å². The molecule has 1 aromatic carbocycles. The highest BCUT2D eigenvalue weighted by atomic mass is 19.1. The monoisotopic (exact) mass is 218 g/mol. The second-order valence-corrected chi connectivity index (χ2v) is 3.03. The van der Waals surface area contributed by atoms with Gasteiger partial charge in [-0.2, -0.15) is 0 Å². The molecule has 0 aromatic heterocycles. The van der Waals surface area contributed by atoms with Gasteiger partial charge in [0.15, 0.2) is 23.1 Å². The van der Waals surface area contributed by atoms with Gasteiger partial charge in [-0.1, -0.05) is 0 Å². The number of aliphatic hydroxyl groups excluding tert-OH is 1. The zero-order chi connectivity index (χ0) is 11.4. The third kappa shape index (κ3) is 2.36. The Labute approximate surface area is 85.9 Å². The maximum atomic E-state index is 13.5. The third-order valence-electron chi connectivity index (χ3n) is 2.04. The van der Waals surface area contributed by atoms with Gasteiger partial charge in [0.1, 0.15) is 0 Å². The van der Waals surface area contributed by atoms with Gasteiger partial charge in [0, 0.05) is 18.2 Å². The number of hydrogen-bond donors (Lipinski definition) is 2. The van der Waals surface area contributed by atoms with Crippen molar-refractivity contribution in [2.45, 2.75) is 12.8 Å². The van der Waals surface area contributed by atoms with Crippen molar-refractivity contribution < 1.29 is 23.7 Å². The normalized spacial score (nSPS) is 10.4. The predicted molar refractivity (Wildman–Crippen MR) is 50.0 cm³/mol. The molecule has 0 fully saturated rings. The van der Waals surface area contributed by atoms with Gasteiger partial charge >= 0.3 is 0 Å². The highest BCUT2D eigenvalue weighted by molar-refractivity contribution is 5.41. The summed E-state index contributed by atoms with van der Waals surface area (Å²) in [4.78, 5) is 0. The second-order valence-electron chi connectivity index (χ2n) is 3.03. The summed E-state index contributed by atoms with van der Waals surface area (Å²) in [6, 6.07) is 0.882. The first-order valence-corrected chi connectivity index (χ1v) is 4.46. The van der Waals surface area contributed by atoms with Crippen LogP contribution in [-0.2, 0) is 6.42 Å². The number of phenols is 1. The lowest BCUT2D eigenvalue weighted by Crippen LogP contribution is -2.01. The maximum Gasteiger partial charge on any atom is 0.171 e. The van der Waals surface area contributed by atoms with Crippen LogP contribution in [0.5, 0.6) is 11.5 Å². The quantitative estimate of drug-likeness (QED) is 0.807. The number of aliphatic hydroxyl groups is 1. The molecule has 3 nitrogen and oxygen atoms in total. The smallest absolute Gasteiger partial charge is 0.171 e. The van der Waals surface area contributed by atoms with Gasteiger partial charge in [-0.25, -0.2) is 8.78 Å². The number of methoxy groups -OCH3 is 1. The molecular formula is C10H12F2O3. The van der Waals surface area contributed by atoms with Crippen LogP contribution in [-0.4, -0.2) is 23.9 Å². The van der Waals surface area contributed by atoms with Crippen molar-refractivity contribution >= 4 is 0 Å². The standard InChI is InChI=1S/C10H12F2O3/c1-15-8-5-7(14)9(11)6(10(8)12)3-2-4-13/h5,13-14H,2-4H2,1H3. The van der Waals surface area contributed by atoms with Crippen LogP contribution in [0.1, 0.15) is 12.0 Å². The van der Waals surface area contributed by atoms with Gasteiger partial charge in [-0.15, -0.1) is 0 Å². The fourth-order valence-electron chi connectivity index (χ4n) is 1.27. The topological polar surface area (TPSA) is 49.7 Å². The highest BCUT2D eigenvalue weighted by Crippen LogP contribution is 2.31. The molecule has 0 bridgehead atoms. The minimum absolute atomic E-state index is 0.0128. The molecule has 0 aliphatic rings. The average Bonchev–Trinajstić information content (AvgIpc) is 2.23. The maximum absolute atomic E-state index is 13.5. The summed E-state index contributed by atoms with van der Waals surface area (Å²) < 4.78 is 31.4. The summed E-state index contributed by atoms with van der Waals surface area (Å²) in [6.45, 7) is -0.170. The molecule has 0 radical (unpaired) electrons. The van der Waals surface area contributed by atoms with E-state index in [1.807, 2.05) is 0 Å². The molecule has 0 atom stereocenters. The number of hydrogen-bond acceptors (Lipinski definition) is 3. The molecule has 0 saturated heterocycles. The van der Waals surface area contributed by atoms with Crippen molar-refractivity contribution in [2.75, 3.05) is 13.7 Å². The van der Waals surface area contributed by atoms with Gasteiger partial charge in [-0.3, -0.25) is 0 Å². The molecule has 15 heavy (non-hydrogen) atoms. The Morgan fingerprint density at radius 3 is 2.53 bits per heavy atom. The largest absolute Gasteiger partial charge is 0.505 e. The average molecular weight is 218 g/mol. The van der Waals surface area contributed by atoms with Gasteiger partial charge < -0.3 is 14.9 Å². The molecule has 1 rings (SSSR count). The first kappa shape index (κ1) is 11.7. The van der Waals surface area contributed by atoms with E-state index >= 15 is 0 Å². The van der Waals surface area contributed by atoms with Crippen molar-refractivity contribution in [1.82, 2.24) is 0 Å². The van der Waals surface area contributed by atoms with Crippen molar-refractivity contribution in [2.24, 2.45) is 0 Å². The lowest BCUT2D eigenvalue weighted by molar-refractivity contribution is 0.286. The Kier molecular flexibility index (Phi) is 3.85. The minimum atomic E-state index is -0.998. The number of halogens is 2. The molecule has 0 heterocycles. The molecule has 0 amide bonds. The van der Waals surface area contributed by atoms with Gasteiger partial charge in [0.2, 0.25) is 0 Å². The van der Waals surface area contributed by atoms with E-state index in [9.17, 15) is 8.78 Å². The van der Waals surface area contributed by atoms with Crippen LogP contribution in [0.2, 0.25) is 0 Å². The zero-order valence-electron chi connectivity index (χ0n) is 8.26. The van der Waals surface area contributed by atoms with Crippen molar-refractivity contribution in [3.63, 3.8) is 0 Å². The van der Waals surface area contributed by atoms with Crippen LogP contribution in [0, 0.1) is 11.6 Å². The summed E-state index contributed by atoms with van der Waals surface area (Å²) in [6.07, 6.45) is 0.235. The number of benzene rings is 1. The molecule has 5 heteroatoms. The predicted octanol–water partition coefficient (Wildman–Crippen LogP) is 1.60. The lowest BCUT2D eigenvalue weighted by atomic mass is 10.1. The van der Waals surface area contributed by atoms with Crippen LogP contribution >= 0.6 is 0 Å². The molecule has 0 saturated carbocycles. The fraction of sp³-hybridized carbons (Fsp3) is 0.400. The Balaban J connectivity index is 3.15. The van der Waals surface area contributed by atoms with Crippen LogP contribution in [0.4, 0.5) is 8.78 Å². The SMILES string of the molecule is COc1cc(O)c(F)c(CCCO)c1F. The Bertz CT molecular complexity index is 353.